The molecule has 0 bridgehead atoms. The lowest BCUT2D eigenvalue weighted by molar-refractivity contribution is 0.171. The maximum atomic E-state index is 6.07. The second-order valence-electron chi connectivity index (χ2n) is 6.33. The quantitative estimate of drug-likeness (QED) is 0.672. The Balaban J connectivity index is 1.46. The topological polar surface area (TPSA) is 79.8 Å². The number of hydrogen-bond donors (Lipinski definition) is 1. The predicted molar refractivity (Wildman–Crippen MR) is 101 cm³/mol. The van der Waals surface area contributed by atoms with Gasteiger partial charge in [0.1, 0.15) is 19.0 Å². The molecule has 1 atom stereocenters. The second kappa shape index (κ2) is 6.75. The molecule has 9 heteroatoms. The number of ether oxygens (including phenoxy) is 5. The first-order valence-corrected chi connectivity index (χ1v) is 9.23. The number of rotatable bonds is 4. The van der Waals surface area contributed by atoms with Gasteiger partial charge in [0, 0.05) is 12.1 Å². The van der Waals surface area contributed by atoms with E-state index in [2.05, 4.69) is 10.2 Å². The van der Waals surface area contributed by atoms with Crippen LogP contribution in [0.5, 0.6) is 28.7 Å². The minimum absolute atomic E-state index is 0.219. The van der Waals surface area contributed by atoms with Crippen LogP contribution < -0.4 is 23.7 Å². The van der Waals surface area contributed by atoms with Gasteiger partial charge in [-0.3, -0.25) is 9.67 Å². The average molecular weight is 399 g/mol. The number of aromatic amines is 1. The molecule has 0 amide bonds. The molecule has 1 N–H and O–H groups in total. The van der Waals surface area contributed by atoms with Gasteiger partial charge in [0.05, 0.1) is 5.69 Å². The van der Waals surface area contributed by atoms with Crippen molar-refractivity contribution in [2.24, 2.45) is 0 Å². The van der Waals surface area contributed by atoms with Crippen molar-refractivity contribution in [1.29, 1.82) is 0 Å². The van der Waals surface area contributed by atoms with Crippen LogP contribution in [0, 0.1) is 4.77 Å². The van der Waals surface area contributed by atoms with Gasteiger partial charge < -0.3 is 23.7 Å². The molecule has 8 nitrogen and oxygen atoms in total. The first kappa shape index (κ1) is 16.9. The summed E-state index contributed by atoms with van der Waals surface area (Å²) in [5.41, 5.74) is 0.819. The van der Waals surface area contributed by atoms with E-state index in [9.17, 15) is 0 Å². The van der Waals surface area contributed by atoms with Gasteiger partial charge in [0.2, 0.25) is 6.79 Å². The summed E-state index contributed by atoms with van der Waals surface area (Å²) in [5, 5.41) is 7.21. The molecule has 0 spiro atoms. The molecule has 5 rings (SSSR count). The predicted octanol–water partition coefficient (Wildman–Crippen LogP) is 3.57. The lowest BCUT2D eigenvalue weighted by Crippen LogP contribution is -2.16. The minimum atomic E-state index is -0.374. The summed E-state index contributed by atoms with van der Waals surface area (Å²) in [6, 6.07) is 11.1. The van der Waals surface area contributed by atoms with Crippen molar-refractivity contribution in [2.75, 3.05) is 20.0 Å². The molecule has 144 valence electrons. The molecule has 2 aromatic carbocycles. The second-order valence-corrected chi connectivity index (χ2v) is 6.71. The molecule has 28 heavy (non-hydrogen) atoms. The Labute approximate surface area is 165 Å². The van der Waals surface area contributed by atoms with Crippen LogP contribution >= 0.6 is 12.2 Å². The molecule has 1 unspecified atom stereocenters. The van der Waals surface area contributed by atoms with Crippen LogP contribution in [-0.4, -0.2) is 34.8 Å². The number of fused-ring (bicyclic) bond motifs is 2. The molecule has 0 fully saturated rings. The fourth-order valence-corrected chi connectivity index (χ4v) is 3.45. The highest BCUT2D eigenvalue weighted by Gasteiger charge is 2.21. The average Bonchev–Trinajstić information content (AvgIpc) is 3.33. The van der Waals surface area contributed by atoms with Crippen molar-refractivity contribution >= 4 is 12.2 Å². The number of H-pyrrole nitrogens is 1. The molecule has 0 aliphatic carbocycles. The van der Waals surface area contributed by atoms with Crippen LogP contribution in [0.1, 0.15) is 18.9 Å². The fourth-order valence-electron chi connectivity index (χ4n) is 3.21. The van der Waals surface area contributed by atoms with Gasteiger partial charge in [-0.1, -0.05) is 0 Å². The molecule has 3 heterocycles. The maximum Gasteiger partial charge on any atom is 0.231 e. The summed E-state index contributed by atoms with van der Waals surface area (Å²) in [6.45, 7) is 3.19. The van der Waals surface area contributed by atoms with E-state index in [1.165, 1.54) is 0 Å². The van der Waals surface area contributed by atoms with Gasteiger partial charge >= 0.3 is 0 Å². The monoisotopic (exact) mass is 399 g/mol. The molecule has 2 aliphatic rings. The molecule has 0 saturated heterocycles. The smallest absolute Gasteiger partial charge is 0.231 e. The van der Waals surface area contributed by atoms with E-state index in [1.54, 1.807) is 6.07 Å². The number of benzene rings is 2. The summed E-state index contributed by atoms with van der Waals surface area (Å²) in [6.07, 6.45) is -0.374. The van der Waals surface area contributed by atoms with Gasteiger partial charge in [0.15, 0.2) is 39.7 Å². The number of hydrogen-bond acceptors (Lipinski definition) is 7. The van der Waals surface area contributed by atoms with Crippen LogP contribution in [0.4, 0.5) is 0 Å². The molecule has 0 saturated carbocycles. The Bertz CT molecular complexity index is 1090. The van der Waals surface area contributed by atoms with Crippen molar-refractivity contribution in [3.05, 3.63) is 47.0 Å². The van der Waals surface area contributed by atoms with Crippen molar-refractivity contribution < 1.29 is 23.7 Å². The van der Waals surface area contributed by atoms with Crippen LogP contribution in [0.2, 0.25) is 0 Å². The van der Waals surface area contributed by atoms with E-state index in [0.717, 1.165) is 11.4 Å². The van der Waals surface area contributed by atoms with Gasteiger partial charge in [0.25, 0.3) is 0 Å². The summed E-state index contributed by atoms with van der Waals surface area (Å²) in [5.74, 6) is 4.06. The zero-order valence-corrected chi connectivity index (χ0v) is 15.8. The first-order chi connectivity index (χ1) is 13.7. The third-order valence-corrected chi connectivity index (χ3v) is 4.78. The van der Waals surface area contributed by atoms with Crippen LogP contribution in [0.15, 0.2) is 36.4 Å². The fraction of sp³-hybridized carbons (Fsp3) is 0.263. The highest BCUT2D eigenvalue weighted by atomic mass is 32.1. The zero-order valence-electron chi connectivity index (χ0n) is 15.0. The normalized spacial score (nSPS) is 15.3. The van der Waals surface area contributed by atoms with Crippen molar-refractivity contribution in [3.63, 3.8) is 0 Å². The van der Waals surface area contributed by atoms with E-state index < -0.39 is 0 Å². The zero-order chi connectivity index (χ0) is 19.1. The minimum Gasteiger partial charge on any atom is -0.486 e. The van der Waals surface area contributed by atoms with Gasteiger partial charge in [-0.15, -0.1) is 0 Å². The van der Waals surface area contributed by atoms with Crippen molar-refractivity contribution in [1.82, 2.24) is 14.8 Å². The van der Waals surface area contributed by atoms with Crippen molar-refractivity contribution in [2.45, 2.75) is 13.0 Å². The Hall–Kier alpha value is -3.20. The number of nitrogens with one attached hydrogen (secondary N) is 1. The summed E-state index contributed by atoms with van der Waals surface area (Å²) in [7, 11) is 0. The first-order valence-electron chi connectivity index (χ1n) is 8.83. The lowest BCUT2D eigenvalue weighted by atomic mass is 10.2. The molecule has 2 aliphatic heterocycles. The lowest BCUT2D eigenvalue weighted by Gasteiger charge is -2.20. The van der Waals surface area contributed by atoms with Crippen LogP contribution in [-0.2, 0) is 0 Å². The van der Waals surface area contributed by atoms with E-state index in [1.807, 2.05) is 41.8 Å². The highest BCUT2D eigenvalue weighted by Crippen LogP contribution is 2.37. The molecule has 0 radical (unpaired) electrons. The number of aromatic nitrogens is 3. The van der Waals surface area contributed by atoms with E-state index in [4.69, 9.17) is 35.9 Å². The Morgan fingerprint density at radius 3 is 2.61 bits per heavy atom. The van der Waals surface area contributed by atoms with E-state index in [0.29, 0.717) is 46.8 Å². The SMILES string of the molecule is CC(Oc1ccc2c(c1)OCO2)c1n[nH]c(=S)n1-c1ccc2c(c1)OCCO2. The maximum absolute atomic E-state index is 6.07. The van der Waals surface area contributed by atoms with Gasteiger partial charge in [-0.25, -0.2) is 0 Å². The summed E-state index contributed by atoms with van der Waals surface area (Å²) in [4.78, 5) is 0. The standard InChI is InChI=1S/C19H17N3O5S/c1-11(27-13-3-5-15-17(9-13)26-10-25-15)18-20-21-19(28)22(18)12-2-4-14-16(8-12)24-7-6-23-14/h2-5,8-9,11H,6-7,10H2,1H3,(H,21,28). The summed E-state index contributed by atoms with van der Waals surface area (Å²) < 4.78 is 30.4. The molecular formula is C19H17N3O5S. The third-order valence-electron chi connectivity index (χ3n) is 4.50. The molecule has 1 aromatic heterocycles. The largest absolute Gasteiger partial charge is 0.486 e. The van der Waals surface area contributed by atoms with Gasteiger partial charge in [-0.2, -0.15) is 5.10 Å². The van der Waals surface area contributed by atoms with Crippen molar-refractivity contribution in [3.8, 4) is 34.4 Å². The van der Waals surface area contributed by atoms with Crippen LogP contribution in [0.25, 0.3) is 5.69 Å². The molecule has 3 aromatic rings. The van der Waals surface area contributed by atoms with Gasteiger partial charge in [-0.05, 0) is 43.4 Å². The Morgan fingerprint density at radius 2 is 1.71 bits per heavy atom. The number of nitrogens with zero attached hydrogens (tertiary/aromatic N) is 2. The Morgan fingerprint density at radius 1 is 1.00 bits per heavy atom. The molecular weight excluding hydrogens is 382 g/mol. The van der Waals surface area contributed by atoms with Crippen LogP contribution in [0.3, 0.4) is 0 Å². The third kappa shape index (κ3) is 2.93. The van der Waals surface area contributed by atoms with E-state index in [-0.39, 0.29) is 12.9 Å². The van der Waals surface area contributed by atoms with E-state index >= 15 is 0 Å². The Kier molecular flexibility index (Phi) is 4.09. The summed E-state index contributed by atoms with van der Waals surface area (Å²) >= 11 is 5.44. The highest BCUT2D eigenvalue weighted by molar-refractivity contribution is 7.71.